The summed E-state index contributed by atoms with van der Waals surface area (Å²) in [6.07, 6.45) is 3.72. The minimum Gasteiger partial charge on any atom is -0.309 e. The average molecular weight is 284 g/mol. The van der Waals surface area contributed by atoms with E-state index in [2.05, 4.69) is 63.8 Å². The Labute approximate surface area is 127 Å². The first-order valence-corrected chi connectivity index (χ1v) is 8.50. The molecule has 3 heteroatoms. The van der Waals surface area contributed by atoms with Gasteiger partial charge in [-0.1, -0.05) is 27.7 Å². The van der Waals surface area contributed by atoms with Crippen molar-refractivity contribution in [1.82, 2.24) is 15.1 Å². The second-order valence-electron chi connectivity index (χ2n) is 7.29. The lowest BCUT2D eigenvalue weighted by Gasteiger charge is -2.51. The standard InChI is InChI=1S/C17H37N3/c1-8-17(9-2)13-20(15(5)10-11-19(6)7)16(12-18-17)14(3)4/h14-16,18H,8-13H2,1-7H3. The Balaban J connectivity index is 2.77. The molecule has 0 spiro atoms. The van der Waals surface area contributed by atoms with Crippen LogP contribution in [0.25, 0.3) is 0 Å². The van der Waals surface area contributed by atoms with Crippen LogP contribution in [-0.4, -0.2) is 61.2 Å². The van der Waals surface area contributed by atoms with Gasteiger partial charge in [0.1, 0.15) is 0 Å². The molecule has 0 radical (unpaired) electrons. The van der Waals surface area contributed by atoms with Crippen molar-refractivity contribution in [2.45, 2.75) is 71.5 Å². The number of hydrogen-bond donors (Lipinski definition) is 1. The van der Waals surface area contributed by atoms with Crippen LogP contribution in [0.2, 0.25) is 0 Å². The molecule has 0 saturated carbocycles. The highest BCUT2D eigenvalue weighted by atomic mass is 15.3. The number of piperazine rings is 1. The highest BCUT2D eigenvalue weighted by Crippen LogP contribution is 2.28. The van der Waals surface area contributed by atoms with E-state index in [9.17, 15) is 0 Å². The molecule has 120 valence electrons. The van der Waals surface area contributed by atoms with E-state index in [0.717, 1.165) is 12.5 Å². The third kappa shape index (κ3) is 4.44. The molecule has 0 aliphatic carbocycles. The van der Waals surface area contributed by atoms with Crippen molar-refractivity contribution in [2.75, 3.05) is 33.7 Å². The topological polar surface area (TPSA) is 18.5 Å². The number of hydrogen-bond acceptors (Lipinski definition) is 3. The lowest BCUT2D eigenvalue weighted by molar-refractivity contribution is 0.0177. The van der Waals surface area contributed by atoms with Gasteiger partial charge < -0.3 is 10.2 Å². The van der Waals surface area contributed by atoms with Gasteiger partial charge in [-0.05, 0) is 52.7 Å². The Morgan fingerprint density at radius 3 is 2.25 bits per heavy atom. The fraction of sp³-hybridized carbons (Fsp3) is 1.00. The van der Waals surface area contributed by atoms with Gasteiger partial charge in [-0.2, -0.15) is 0 Å². The van der Waals surface area contributed by atoms with Gasteiger partial charge in [0, 0.05) is 30.7 Å². The van der Waals surface area contributed by atoms with Crippen LogP contribution in [0.3, 0.4) is 0 Å². The Kier molecular flexibility index (Phi) is 6.96. The highest BCUT2D eigenvalue weighted by molar-refractivity contribution is 4.98. The number of nitrogens with zero attached hydrogens (tertiary/aromatic N) is 2. The second kappa shape index (κ2) is 7.77. The van der Waals surface area contributed by atoms with Crippen LogP contribution in [0, 0.1) is 5.92 Å². The van der Waals surface area contributed by atoms with Gasteiger partial charge in [0.15, 0.2) is 0 Å². The van der Waals surface area contributed by atoms with Crippen molar-refractivity contribution < 1.29 is 0 Å². The van der Waals surface area contributed by atoms with Crippen molar-refractivity contribution in [3.05, 3.63) is 0 Å². The Hall–Kier alpha value is -0.120. The van der Waals surface area contributed by atoms with Crippen molar-refractivity contribution in [3.63, 3.8) is 0 Å². The summed E-state index contributed by atoms with van der Waals surface area (Å²) in [5, 5.41) is 3.86. The van der Waals surface area contributed by atoms with Gasteiger partial charge in [-0.3, -0.25) is 4.90 Å². The second-order valence-corrected chi connectivity index (χ2v) is 7.29. The molecule has 1 N–H and O–H groups in total. The molecular formula is C17H37N3. The summed E-state index contributed by atoms with van der Waals surface area (Å²) in [6.45, 7) is 15.3. The Morgan fingerprint density at radius 1 is 1.20 bits per heavy atom. The monoisotopic (exact) mass is 283 g/mol. The molecule has 2 unspecified atom stereocenters. The predicted molar refractivity (Wildman–Crippen MR) is 89.3 cm³/mol. The van der Waals surface area contributed by atoms with Gasteiger partial charge in [0.25, 0.3) is 0 Å². The van der Waals surface area contributed by atoms with E-state index < -0.39 is 0 Å². The third-order valence-corrected chi connectivity index (χ3v) is 5.28. The number of rotatable bonds is 7. The Bertz CT molecular complexity index is 271. The largest absolute Gasteiger partial charge is 0.309 e. The minimum atomic E-state index is 0.331. The van der Waals surface area contributed by atoms with Gasteiger partial charge in [0.2, 0.25) is 0 Å². The minimum absolute atomic E-state index is 0.331. The fourth-order valence-corrected chi connectivity index (χ4v) is 3.40. The molecule has 1 aliphatic rings. The maximum Gasteiger partial charge on any atom is 0.0304 e. The zero-order valence-corrected chi connectivity index (χ0v) is 14.9. The van der Waals surface area contributed by atoms with Crippen LogP contribution in [-0.2, 0) is 0 Å². The molecule has 0 aromatic rings. The zero-order chi connectivity index (χ0) is 15.3. The van der Waals surface area contributed by atoms with E-state index in [1.807, 2.05) is 0 Å². The molecule has 1 saturated heterocycles. The molecule has 1 fully saturated rings. The predicted octanol–water partition coefficient (Wildman–Crippen LogP) is 2.82. The lowest BCUT2D eigenvalue weighted by Crippen LogP contribution is -2.66. The smallest absolute Gasteiger partial charge is 0.0304 e. The molecule has 0 bridgehead atoms. The van der Waals surface area contributed by atoms with E-state index in [4.69, 9.17) is 0 Å². The van der Waals surface area contributed by atoms with Gasteiger partial charge in [-0.25, -0.2) is 0 Å². The van der Waals surface area contributed by atoms with Crippen LogP contribution in [0.4, 0.5) is 0 Å². The van der Waals surface area contributed by atoms with E-state index in [0.29, 0.717) is 17.6 Å². The highest BCUT2D eigenvalue weighted by Gasteiger charge is 2.39. The average Bonchev–Trinajstić information content (AvgIpc) is 2.43. The first-order chi connectivity index (χ1) is 9.35. The fourth-order valence-electron chi connectivity index (χ4n) is 3.40. The summed E-state index contributed by atoms with van der Waals surface area (Å²) in [4.78, 5) is 5.09. The van der Waals surface area contributed by atoms with E-state index in [1.165, 1.54) is 32.4 Å². The molecule has 3 nitrogen and oxygen atoms in total. The number of nitrogens with one attached hydrogen (secondary N) is 1. The van der Waals surface area contributed by atoms with Crippen molar-refractivity contribution in [3.8, 4) is 0 Å². The molecule has 20 heavy (non-hydrogen) atoms. The summed E-state index contributed by atoms with van der Waals surface area (Å²) in [5.74, 6) is 0.719. The molecule has 1 heterocycles. The van der Waals surface area contributed by atoms with Crippen LogP contribution in [0.1, 0.15) is 53.9 Å². The summed E-state index contributed by atoms with van der Waals surface area (Å²) < 4.78 is 0. The molecule has 1 rings (SSSR count). The molecule has 0 aromatic carbocycles. The molecule has 1 aliphatic heterocycles. The van der Waals surface area contributed by atoms with Crippen molar-refractivity contribution >= 4 is 0 Å². The first kappa shape index (κ1) is 17.9. The third-order valence-electron chi connectivity index (χ3n) is 5.28. The van der Waals surface area contributed by atoms with Crippen molar-refractivity contribution in [2.24, 2.45) is 5.92 Å². The van der Waals surface area contributed by atoms with E-state index in [1.54, 1.807) is 0 Å². The first-order valence-electron chi connectivity index (χ1n) is 8.50. The van der Waals surface area contributed by atoms with Crippen LogP contribution in [0.5, 0.6) is 0 Å². The van der Waals surface area contributed by atoms with Crippen molar-refractivity contribution in [1.29, 1.82) is 0 Å². The van der Waals surface area contributed by atoms with Crippen LogP contribution < -0.4 is 5.32 Å². The maximum absolute atomic E-state index is 3.86. The summed E-state index contributed by atoms with van der Waals surface area (Å²) >= 11 is 0. The summed E-state index contributed by atoms with van der Waals surface area (Å²) in [5.41, 5.74) is 0.331. The summed E-state index contributed by atoms with van der Waals surface area (Å²) in [6, 6.07) is 1.35. The molecule has 2 atom stereocenters. The Morgan fingerprint density at radius 2 is 1.80 bits per heavy atom. The quantitative estimate of drug-likeness (QED) is 0.775. The lowest BCUT2D eigenvalue weighted by atomic mass is 9.85. The van der Waals surface area contributed by atoms with Crippen LogP contribution in [0.15, 0.2) is 0 Å². The maximum atomic E-state index is 3.86. The zero-order valence-electron chi connectivity index (χ0n) is 14.9. The van der Waals surface area contributed by atoms with E-state index >= 15 is 0 Å². The van der Waals surface area contributed by atoms with Crippen LogP contribution >= 0.6 is 0 Å². The molecule has 0 aromatic heterocycles. The SMILES string of the molecule is CCC1(CC)CN(C(C)CCN(C)C)C(C(C)C)CN1. The van der Waals surface area contributed by atoms with Gasteiger partial charge in [-0.15, -0.1) is 0 Å². The molecular weight excluding hydrogens is 246 g/mol. The van der Waals surface area contributed by atoms with Gasteiger partial charge >= 0.3 is 0 Å². The summed E-state index contributed by atoms with van der Waals surface area (Å²) in [7, 11) is 4.35. The molecule has 0 amide bonds. The van der Waals surface area contributed by atoms with E-state index in [-0.39, 0.29) is 0 Å². The normalized spacial score (nSPS) is 25.4. The van der Waals surface area contributed by atoms with Gasteiger partial charge in [0.05, 0.1) is 0 Å².